The van der Waals surface area contributed by atoms with Crippen LogP contribution >= 0.6 is 0 Å². The lowest BCUT2D eigenvalue weighted by Gasteiger charge is -2.10. The van der Waals surface area contributed by atoms with Gasteiger partial charge in [0.2, 0.25) is 0 Å². The van der Waals surface area contributed by atoms with Crippen molar-refractivity contribution in [3.8, 4) is 45.3 Å². The zero-order valence-electron chi connectivity index (χ0n) is 20.6. The summed E-state index contributed by atoms with van der Waals surface area (Å²) in [5, 5.41) is 5.00. The van der Waals surface area contributed by atoms with E-state index in [0.29, 0.717) is 17.5 Å². The Kier molecular flexibility index (Phi) is 5.45. The highest BCUT2D eigenvalue weighted by Gasteiger charge is 2.13. The van der Waals surface area contributed by atoms with Gasteiger partial charge in [0.05, 0.1) is 0 Å². The third-order valence-corrected chi connectivity index (χ3v) is 6.90. The minimum atomic E-state index is 0.658. The Morgan fingerprint density at radius 2 is 0.763 bits per heavy atom. The highest BCUT2D eigenvalue weighted by Crippen LogP contribution is 2.32. The summed E-state index contributed by atoms with van der Waals surface area (Å²) in [7, 11) is 0. The monoisotopic (exact) mass is 485 g/mol. The van der Waals surface area contributed by atoms with E-state index in [1.165, 1.54) is 21.5 Å². The number of benzene rings is 6. The molecule has 0 unspecified atom stereocenters. The SMILES string of the molecule is c1ccc(-c2nc(-c3ccccc3)nc(-c3cccc(-c4ccc5ccc6ccccc6c5c4)c3)n2)cc1. The van der Waals surface area contributed by atoms with Crippen LogP contribution in [0.2, 0.25) is 0 Å². The molecule has 0 N–H and O–H groups in total. The van der Waals surface area contributed by atoms with E-state index in [4.69, 9.17) is 15.0 Å². The van der Waals surface area contributed by atoms with Gasteiger partial charge in [0, 0.05) is 16.7 Å². The fourth-order valence-corrected chi connectivity index (χ4v) is 4.96. The zero-order valence-corrected chi connectivity index (χ0v) is 20.6. The molecule has 0 atom stereocenters. The summed E-state index contributed by atoms with van der Waals surface area (Å²) in [5.74, 6) is 1.99. The molecule has 178 valence electrons. The van der Waals surface area contributed by atoms with Gasteiger partial charge < -0.3 is 0 Å². The summed E-state index contributed by atoms with van der Waals surface area (Å²) < 4.78 is 0. The lowest BCUT2D eigenvalue weighted by atomic mass is 9.96. The van der Waals surface area contributed by atoms with Crippen LogP contribution in [-0.2, 0) is 0 Å². The lowest BCUT2D eigenvalue weighted by Crippen LogP contribution is -2.00. The Bertz CT molecular complexity index is 1850. The molecule has 0 fully saturated rings. The first-order chi connectivity index (χ1) is 18.8. The van der Waals surface area contributed by atoms with Crippen LogP contribution in [0.5, 0.6) is 0 Å². The molecule has 0 amide bonds. The van der Waals surface area contributed by atoms with Gasteiger partial charge >= 0.3 is 0 Å². The Labute approximate surface area is 221 Å². The van der Waals surface area contributed by atoms with Crippen LogP contribution in [-0.4, -0.2) is 15.0 Å². The van der Waals surface area contributed by atoms with Crippen molar-refractivity contribution in [2.24, 2.45) is 0 Å². The molecule has 0 aliphatic rings. The van der Waals surface area contributed by atoms with E-state index in [1.54, 1.807) is 0 Å². The molecule has 7 aromatic rings. The molecular weight excluding hydrogens is 462 g/mol. The van der Waals surface area contributed by atoms with Crippen molar-refractivity contribution >= 4 is 21.5 Å². The Hall–Kier alpha value is -5.15. The predicted molar refractivity (Wildman–Crippen MR) is 157 cm³/mol. The summed E-state index contributed by atoms with van der Waals surface area (Å²) >= 11 is 0. The smallest absolute Gasteiger partial charge is 0.164 e. The van der Waals surface area contributed by atoms with Gasteiger partial charge in [-0.1, -0.05) is 127 Å². The van der Waals surface area contributed by atoms with Crippen LogP contribution in [0.15, 0.2) is 140 Å². The third kappa shape index (κ3) is 4.10. The number of fused-ring (bicyclic) bond motifs is 3. The Balaban J connectivity index is 1.37. The Morgan fingerprint density at radius 1 is 0.289 bits per heavy atom. The van der Waals surface area contributed by atoms with Crippen molar-refractivity contribution in [2.75, 3.05) is 0 Å². The first kappa shape index (κ1) is 22.1. The van der Waals surface area contributed by atoms with E-state index >= 15 is 0 Å². The van der Waals surface area contributed by atoms with Crippen LogP contribution in [0.3, 0.4) is 0 Å². The maximum atomic E-state index is 4.90. The van der Waals surface area contributed by atoms with Gasteiger partial charge in [-0.15, -0.1) is 0 Å². The van der Waals surface area contributed by atoms with Gasteiger partial charge in [-0.25, -0.2) is 15.0 Å². The number of hydrogen-bond acceptors (Lipinski definition) is 3. The topological polar surface area (TPSA) is 38.7 Å². The molecule has 7 rings (SSSR count). The van der Waals surface area contributed by atoms with E-state index in [9.17, 15) is 0 Å². The quantitative estimate of drug-likeness (QED) is 0.234. The Morgan fingerprint density at radius 3 is 1.45 bits per heavy atom. The summed E-state index contributed by atoms with van der Waals surface area (Å²) in [6.07, 6.45) is 0. The largest absolute Gasteiger partial charge is 0.208 e. The molecule has 0 aliphatic heterocycles. The molecule has 0 bridgehead atoms. The molecule has 0 aliphatic carbocycles. The molecular formula is C35H23N3. The number of nitrogens with zero attached hydrogens (tertiary/aromatic N) is 3. The van der Waals surface area contributed by atoms with Gasteiger partial charge in [0.15, 0.2) is 17.5 Å². The van der Waals surface area contributed by atoms with Crippen molar-refractivity contribution < 1.29 is 0 Å². The van der Waals surface area contributed by atoms with Gasteiger partial charge in [-0.3, -0.25) is 0 Å². The summed E-state index contributed by atoms with van der Waals surface area (Å²) in [6, 6.07) is 48.2. The summed E-state index contributed by atoms with van der Waals surface area (Å²) in [4.78, 5) is 14.6. The van der Waals surface area contributed by atoms with Crippen molar-refractivity contribution in [1.29, 1.82) is 0 Å². The van der Waals surface area contributed by atoms with Crippen LogP contribution < -0.4 is 0 Å². The van der Waals surface area contributed by atoms with E-state index in [2.05, 4.69) is 78.9 Å². The number of rotatable bonds is 4. The average Bonchev–Trinajstić information content (AvgIpc) is 3.01. The highest BCUT2D eigenvalue weighted by atomic mass is 15.0. The van der Waals surface area contributed by atoms with Crippen molar-refractivity contribution in [3.63, 3.8) is 0 Å². The average molecular weight is 486 g/mol. The second-order valence-corrected chi connectivity index (χ2v) is 9.34. The van der Waals surface area contributed by atoms with Crippen LogP contribution in [0.25, 0.3) is 66.8 Å². The van der Waals surface area contributed by atoms with E-state index in [1.807, 2.05) is 60.7 Å². The molecule has 3 heteroatoms. The van der Waals surface area contributed by atoms with Crippen LogP contribution in [0, 0.1) is 0 Å². The molecule has 1 heterocycles. The van der Waals surface area contributed by atoms with Crippen molar-refractivity contribution in [2.45, 2.75) is 0 Å². The second-order valence-electron chi connectivity index (χ2n) is 9.34. The van der Waals surface area contributed by atoms with Crippen molar-refractivity contribution in [1.82, 2.24) is 15.0 Å². The third-order valence-electron chi connectivity index (χ3n) is 6.90. The van der Waals surface area contributed by atoms with Crippen LogP contribution in [0.1, 0.15) is 0 Å². The maximum absolute atomic E-state index is 4.90. The van der Waals surface area contributed by atoms with E-state index < -0.39 is 0 Å². The minimum Gasteiger partial charge on any atom is -0.208 e. The molecule has 3 nitrogen and oxygen atoms in total. The molecule has 0 saturated heterocycles. The van der Waals surface area contributed by atoms with E-state index in [-0.39, 0.29) is 0 Å². The molecule has 1 aromatic heterocycles. The highest BCUT2D eigenvalue weighted by molar-refractivity contribution is 6.08. The minimum absolute atomic E-state index is 0.658. The van der Waals surface area contributed by atoms with Crippen molar-refractivity contribution in [3.05, 3.63) is 140 Å². The molecule has 0 spiro atoms. The van der Waals surface area contributed by atoms with Gasteiger partial charge in [0.1, 0.15) is 0 Å². The number of hydrogen-bond donors (Lipinski definition) is 0. The maximum Gasteiger partial charge on any atom is 0.164 e. The normalized spacial score (nSPS) is 11.2. The fourth-order valence-electron chi connectivity index (χ4n) is 4.96. The van der Waals surface area contributed by atoms with E-state index in [0.717, 1.165) is 27.8 Å². The van der Waals surface area contributed by atoms with Gasteiger partial charge in [-0.05, 0) is 44.8 Å². The number of aromatic nitrogens is 3. The summed E-state index contributed by atoms with van der Waals surface area (Å²) in [6.45, 7) is 0. The lowest BCUT2D eigenvalue weighted by molar-refractivity contribution is 1.07. The molecule has 6 aromatic carbocycles. The van der Waals surface area contributed by atoms with Gasteiger partial charge in [0.25, 0.3) is 0 Å². The predicted octanol–water partition coefficient (Wildman–Crippen LogP) is 8.85. The standard InChI is InChI=1S/C35H23N3/c1-3-11-26(12-4-1)33-36-34(27-13-5-2-6-14-27)38-35(37-33)30-16-9-15-28(22-30)29-21-20-25-19-18-24-10-7-8-17-31(24)32(25)23-29/h1-23H. The first-order valence-corrected chi connectivity index (χ1v) is 12.7. The molecule has 38 heavy (non-hydrogen) atoms. The summed E-state index contributed by atoms with van der Waals surface area (Å²) in [5.41, 5.74) is 5.17. The zero-order chi connectivity index (χ0) is 25.3. The molecule has 0 radical (unpaired) electrons. The first-order valence-electron chi connectivity index (χ1n) is 12.7. The molecule has 0 saturated carbocycles. The second kappa shape index (κ2) is 9.38. The fraction of sp³-hybridized carbons (Fsp3) is 0. The van der Waals surface area contributed by atoms with Crippen LogP contribution in [0.4, 0.5) is 0 Å². The van der Waals surface area contributed by atoms with Gasteiger partial charge in [-0.2, -0.15) is 0 Å².